The van der Waals surface area contributed by atoms with Crippen LogP contribution in [0.1, 0.15) is 12.0 Å². The van der Waals surface area contributed by atoms with Crippen molar-refractivity contribution in [3.8, 4) is 11.5 Å². The average molecular weight is 426 g/mol. The van der Waals surface area contributed by atoms with Gasteiger partial charge in [0.25, 0.3) is 0 Å². The lowest BCUT2D eigenvalue weighted by atomic mass is 10.1. The van der Waals surface area contributed by atoms with E-state index in [0.29, 0.717) is 24.2 Å². The summed E-state index contributed by atoms with van der Waals surface area (Å²) in [5.41, 5.74) is 11.1. The summed E-state index contributed by atoms with van der Waals surface area (Å²) in [7, 11) is -4.03. The summed E-state index contributed by atoms with van der Waals surface area (Å²) < 4.78 is 36.9. The van der Waals surface area contributed by atoms with Crippen LogP contribution in [0.25, 0.3) is 10.8 Å². The number of nitrogens with zero attached hydrogens (tertiary/aromatic N) is 2. The van der Waals surface area contributed by atoms with Crippen molar-refractivity contribution in [2.75, 3.05) is 6.61 Å². The lowest BCUT2D eigenvalue weighted by Crippen LogP contribution is -2.21. The average Bonchev–Trinajstić information content (AvgIpc) is 2.69. The standard InChI is InChI=1S/C21H22N4O4S/c1-15-12-17(28-11-5-10-24-25-21(22)23)14-18(13-15)29-30(26,27)20-9-4-7-16-6-2-3-8-19(16)20/h2-4,6-10,12-14H,5,11H2,1H3,(H4,22,23,25)/b24-10-. The van der Waals surface area contributed by atoms with Gasteiger partial charge in [0.2, 0.25) is 5.96 Å². The van der Waals surface area contributed by atoms with Crippen LogP contribution in [0, 0.1) is 6.92 Å². The number of benzene rings is 3. The topological polar surface area (TPSA) is 129 Å². The van der Waals surface area contributed by atoms with Gasteiger partial charge in [0.15, 0.2) is 0 Å². The molecule has 0 aliphatic rings. The molecular weight excluding hydrogens is 404 g/mol. The molecule has 3 rings (SSSR count). The van der Waals surface area contributed by atoms with Crippen LogP contribution in [0.5, 0.6) is 11.5 Å². The molecule has 3 aromatic carbocycles. The van der Waals surface area contributed by atoms with E-state index >= 15 is 0 Å². The minimum absolute atomic E-state index is 0.112. The van der Waals surface area contributed by atoms with Crippen molar-refractivity contribution in [2.45, 2.75) is 18.2 Å². The Balaban J connectivity index is 1.76. The van der Waals surface area contributed by atoms with E-state index in [2.05, 4.69) is 10.2 Å². The number of hydrogen-bond donors (Lipinski definition) is 2. The van der Waals surface area contributed by atoms with E-state index in [1.165, 1.54) is 18.3 Å². The highest BCUT2D eigenvalue weighted by Gasteiger charge is 2.20. The van der Waals surface area contributed by atoms with E-state index in [1.807, 2.05) is 25.1 Å². The van der Waals surface area contributed by atoms with Crippen LogP contribution in [0.4, 0.5) is 0 Å². The second kappa shape index (κ2) is 9.27. The van der Waals surface area contributed by atoms with Crippen LogP contribution in [0.15, 0.2) is 75.8 Å². The summed E-state index contributed by atoms with van der Waals surface area (Å²) in [4.78, 5) is 0.112. The van der Waals surface area contributed by atoms with Crippen LogP contribution in [0.2, 0.25) is 0 Å². The smallest absolute Gasteiger partial charge is 0.339 e. The first-order valence-electron chi connectivity index (χ1n) is 9.12. The van der Waals surface area contributed by atoms with Gasteiger partial charge in [0.05, 0.1) is 6.61 Å². The maximum absolute atomic E-state index is 12.9. The van der Waals surface area contributed by atoms with E-state index in [9.17, 15) is 8.42 Å². The Kier molecular flexibility index (Phi) is 6.53. The number of rotatable bonds is 8. The van der Waals surface area contributed by atoms with Crippen LogP contribution < -0.4 is 20.4 Å². The second-order valence-corrected chi connectivity index (χ2v) is 7.97. The summed E-state index contributed by atoms with van der Waals surface area (Å²) in [6.45, 7) is 2.13. The van der Waals surface area contributed by atoms with E-state index in [4.69, 9.17) is 20.4 Å². The zero-order chi connectivity index (χ0) is 21.6. The molecule has 0 unspecified atom stereocenters. The fourth-order valence-corrected chi connectivity index (χ4v) is 3.97. The first-order chi connectivity index (χ1) is 14.3. The largest absolute Gasteiger partial charge is 0.493 e. The molecule has 9 heteroatoms. The molecule has 0 saturated heterocycles. The van der Waals surface area contributed by atoms with Crippen molar-refractivity contribution < 1.29 is 17.3 Å². The van der Waals surface area contributed by atoms with Crippen LogP contribution in [-0.2, 0) is 10.1 Å². The number of hydrogen-bond acceptors (Lipinski definition) is 6. The third-order valence-electron chi connectivity index (χ3n) is 4.02. The van der Waals surface area contributed by atoms with Gasteiger partial charge in [0, 0.05) is 24.1 Å². The first-order valence-corrected chi connectivity index (χ1v) is 10.5. The molecule has 0 fully saturated rings. The maximum atomic E-state index is 12.9. The molecule has 4 N–H and O–H groups in total. The number of ether oxygens (including phenoxy) is 1. The Labute approximate surface area is 174 Å². The van der Waals surface area contributed by atoms with Crippen molar-refractivity contribution >= 4 is 33.1 Å². The van der Waals surface area contributed by atoms with Crippen LogP contribution in [-0.4, -0.2) is 27.2 Å². The van der Waals surface area contributed by atoms with E-state index in [0.717, 1.165) is 10.9 Å². The first kappa shape index (κ1) is 21.1. The van der Waals surface area contributed by atoms with Crippen LogP contribution >= 0.6 is 0 Å². The number of guanidine groups is 1. The molecule has 0 aliphatic carbocycles. The summed E-state index contributed by atoms with van der Waals surface area (Å²) in [6.07, 6.45) is 1.98. The SMILES string of the molecule is Cc1cc(OCC/C=N\N=C(N)N)cc(OS(=O)(=O)c2cccc3ccccc23)c1. The molecule has 0 atom stereocenters. The molecule has 0 bridgehead atoms. The summed E-state index contributed by atoms with van der Waals surface area (Å²) in [5.74, 6) is 0.528. The number of nitrogens with two attached hydrogens (primary N) is 2. The van der Waals surface area contributed by atoms with E-state index in [-0.39, 0.29) is 16.6 Å². The van der Waals surface area contributed by atoms with Gasteiger partial charge in [-0.05, 0) is 36.1 Å². The summed E-state index contributed by atoms with van der Waals surface area (Å²) >= 11 is 0. The lowest BCUT2D eigenvalue weighted by Gasteiger charge is -2.12. The molecule has 0 aliphatic heterocycles. The highest BCUT2D eigenvalue weighted by Crippen LogP contribution is 2.28. The van der Waals surface area contributed by atoms with Crippen LogP contribution in [0.3, 0.4) is 0 Å². The van der Waals surface area contributed by atoms with Gasteiger partial charge in [-0.1, -0.05) is 36.4 Å². The predicted molar refractivity (Wildman–Crippen MR) is 117 cm³/mol. The molecule has 8 nitrogen and oxygen atoms in total. The Morgan fingerprint density at radius 1 is 1.03 bits per heavy atom. The zero-order valence-corrected chi connectivity index (χ0v) is 17.2. The maximum Gasteiger partial charge on any atom is 0.339 e. The molecule has 156 valence electrons. The fourth-order valence-electron chi connectivity index (χ4n) is 2.83. The van der Waals surface area contributed by atoms with Crippen molar-refractivity contribution in [1.82, 2.24) is 0 Å². The number of aryl methyl sites for hydroxylation is 1. The number of fused-ring (bicyclic) bond motifs is 1. The Hall–Kier alpha value is -3.59. The summed E-state index contributed by atoms with van der Waals surface area (Å²) in [6, 6.07) is 17.3. The highest BCUT2D eigenvalue weighted by molar-refractivity contribution is 7.87. The molecular formula is C21H22N4O4S. The minimum Gasteiger partial charge on any atom is -0.493 e. The quantitative estimate of drug-likeness (QED) is 0.187. The van der Waals surface area contributed by atoms with Gasteiger partial charge in [-0.3, -0.25) is 0 Å². The van der Waals surface area contributed by atoms with Gasteiger partial charge in [-0.25, -0.2) is 0 Å². The van der Waals surface area contributed by atoms with Gasteiger partial charge < -0.3 is 20.4 Å². The molecule has 0 radical (unpaired) electrons. The molecule has 0 heterocycles. The van der Waals surface area contributed by atoms with Gasteiger partial charge in [0.1, 0.15) is 16.4 Å². The fraction of sp³-hybridized carbons (Fsp3) is 0.143. The third-order valence-corrected chi connectivity index (χ3v) is 5.33. The molecule has 0 amide bonds. The predicted octanol–water partition coefficient (Wildman–Crippen LogP) is 2.94. The molecule has 30 heavy (non-hydrogen) atoms. The van der Waals surface area contributed by atoms with Crippen molar-refractivity contribution in [2.24, 2.45) is 21.7 Å². The summed E-state index contributed by atoms with van der Waals surface area (Å²) in [5, 5.41) is 8.58. The van der Waals surface area contributed by atoms with Crippen molar-refractivity contribution in [3.63, 3.8) is 0 Å². The molecule has 0 spiro atoms. The Bertz CT molecular complexity index is 1200. The second-order valence-electron chi connectivity index (χ2n) is 6.46. The van der Waals surface area contributed by atoms with Gasteiger partial charge in [-0.15, -0.1) is 5.10 Å². The van der Waals surface area contributed by atoms with Crippen molar-refractivity contribution in [1.29, 1.82) is 0 Å². The van der Waals surface area contributed by atoms with E-state index in [1.54, 1.807) is 30.3 Å². The zero-order valence-electron chi connectivity index (χ0n) is 16.4. The highest BCUT2D eigenvalue weighted by atomic mass is 32.2. The minimum atomic E-state index is -4.03. The molecule has 0 aromatic heterocycles. The Morgan fingerprint density at radius 2 is 1.77 bits per heavy atom. The van der Waals surface area contributed by atoms with E-state index < -0.39 is 10.1 Å². The molecule has 3 aromatic rings. The Morgan fingerprint density at radius 3 is 2.57 bits per heavy atom. The van der Waals surface area contributed by atoms with Gasteiger partial charge in [-0.2, -0.15) is 13.5 Å². The molecule has 0 saturated carbocycles. The monoisotopic (exact) mass is 426 g/mol. The van der Waals surface area contributed by atoms with Gasteiger partial charge >= 0.3 is 10.1 Å². The normalized spacial score (nSPS) is 11.5. The van der Waals surface area contributed by atoms with Crippen molar-refractivity contribution in [3.05, 3.63) is 66.2 Å². The third kappa shape index (κ3) is 5.48. The lowest BCUT2D eigenvalue weighted by molar-refractivity contribution is 0.329.